The van der Waals surface area contributed by atoms with E-state index in [1.54, 1.807) is 6.20 Å². The molecular weight excluding hydrogens is 230 g/mol. The van der Waals surface area contributed by atoms with Crippen molar-refractivity contribution in [2.75, 3.05) is 20.2 Å². The van der Waals surface area contributed by atoms with Crippen molar-refractivity contribution in [1.82, 2.24) is 15.6 Å². The van der Waals surface area contributed by atoms with Gasteiger partial charge < -0.3 is 15.4 Å². The maximum atomic E-state index is 11.3. The lowest BCUT2D eigenvalue weighted by molar-refractivity contribution is -0.134. The molecule has 5 nitrogen and oxygen atoms in total. The summed E-state index contributed by atoms with van der Waals surface area (Å²) in [6.07, 6.45) is 3.98. The van der Waals surface area contributed by atoms with Crippen LogP contribution < -0.4 is 10.6 Å². The molecule has 0 amide bonds. The van der Waals surface area contributed by atoms with Gasteiger partial charge in [0.05, 0.1) is 18.8 Å². The Morgan fingerprint density at radius 2 is 2.39 bits per heavy atom. The number of pyridine rings is 1. The number of hydrogen-bond acceptors (Lipinski definition) is 5. The first-order valence-electron chi connectivity index (χ1n) is 5.96. The van der Waals surface area contributed by atoms with Crippen LogP contribution in [0.2, 0.25) is 0 Å². The highest BCUT2D eigenvalue weighted by Gasteiger charge is 2.17. The van der Waals surface area contributed by atoms with Gasteiger partial charge in [0.15, 0.2) is 0 Å². The summed E-state index contributed by atoms with van der Waals surface area (Å²) in [4.78, 5) is 15.6. The maximum Gasteiger partial charge on any atom is 0.332 e. The molecule has 0 bridgehead atoms. The highest BCUT2D eigenvalue weighted by atomic mass is 16.5. The fraction of sp³-hybridized carbons (Fsp3) is 0.385. The highest BCUT2D eigenvalue weighted by Crippen LogP contribution is 2.19. The van der Waals surface area contributed by atoms with Crippen LogP contribution in [0.25, 0.3) is 0 Å². The minimum absolute atomic E-state index is 0.122. The van der Waals surface area contributed by atoms with Crippen LogP contribution in [0.4, 0.5) is 0 Å². The molecule has 1 saturated heterocycles. The van der Waals surface area contributed by atoms with Crippen molar-refractivity contribution in [1.29, 1.82) is 0 Å². The number of carbonyl (C=O) groups excluding carboxylic acids is 1. The summed E-state index contributed by atoms with van der Waals surface area (Å²) in [7, 11) is 1.38. The van der Waals surface area contributed by atoms with Crippen LogP contribution >= 0.6 is 0 Å². The van der Waals surface area contributed by atoms with E-state index < -0.39 is 0 Å². The lowest BCUT2D eigenvalue weighted by atomic mass is 10.1. The van der Waals surface area contributed by atoms with Crippen molar-refractivity contribution < 1.29 is 9.53 Å². The molecule has 0 radical (unpaired) electrons. The van der Waals surface area contributed by atoms with Crippen LogP contribution in [-0.4, -0.2) is 31.2 Å². The highest BCUT2D eigenvalue weighted by molar-refractivity contribution is 5.82. The van der Waals surface area contributed by atoms with Gasteiger partial charge in [0.1, 0.15) is 0 Å². The number of carbonyl (C=O) groups is 1. The van der Waals surface area contributed by atoms with Gasteiger partial charge in [-0.3, -0.25) is 4.98 Å². The summed E-state index contributed by atoms with van der Waals surface area (Å²) in [6, 6.07) is 5.96. The van der Waals surface area contributed by atoms with Crippen LogP contribution in [0, 0.1) is 0 Å². The maximum absolute atomic E-state index is 11.3. The zero-order chi connectivity index (χ0) is 12.8. The van der Waals surface area contributed by atoms with Gasteiger partial charge in [-0.05, 0) is 12.1 Å². The zero-order valence-corrected chi connectivity index (χ0v) is 10.3. The predicted molar refractivity (Wildman–Crippen MR) is 67.7 cm³/mol. The van der Waals surface area contributed by atoms with Gasteiger partial charge in [-0.2, -0.15) is 0 Å². The largest absolute Gasteiger partial charge is 0.466 e. The molecule has 1 aliphatic rings. The van der Waals surface area contributed by atoms with E-state index in [1.807, 2.05) is 18.2 Å². The smallest absolute Gasteiger partial charge is 0.332 e. The molecule has 96 valence electrons. The third-order valence-corrected chi connectivity index (χ3v) is 2.83. The monoisotopic (exact) mass is 247 g/mol. The Morgan fingerprint density at radius 1 is 1.50 bits per heavy atom. The van der Waals surface area contributed by atoms with Crippen molar-refractivity contribution in [2.45, 2.75) is 12.5 Å². The van der Waals surface area contributed by atoms with Gasteiger partial charge in [0.25, 0.3) is 0 Å². The Kier molecular flexibility index (Phi) is 4.30. The Bertz CT molecular complexity index is 431. The molecule has 0 spiro atoms. The van der Waals surface area contributed by atoms with E-state index in [-0.39, 0.29) is 12.0 Å². The fourth-order valence-corrected chi connectivity index (χ4v) is 1.94. The normalized spacial score (nSPS) is 22.1. The summed E-state index contributed by atoms with van der Waals surface area (Å²) in [6.45, 7) is 1.62. The Labute approximate surface area is 106 Å². The van der Waals surface area contributed by atoms with Crippen molar-refractivity contribution in [3.63, 3.8) is 0 Å². The van der Waals surface area contributed by atoms with Crippen molar-refractivity contribution >= 4 is 5.97 Å². The van der Waals surface area contributed by atoms with E-state index >= 15 is 0 Å². The molecule has 2 N–H and O–H groups in total. The average Bonchev–Trinajstić information content (AvgIpc) is 2.65. The molecular formula is C13H17N3O2. The lowest BCUT2D eigenvalue weighted by Crippen LogP contribution is -2.24. The Morgan fingerprint density at radius 3 is 3.11 bits per heavy atom. The number of ether oxygens (including phenoxy) is 1. The summed E-state index contributed by atoms with van der Waals surface area (Å²) < 4.78 is 4.64. The van der Waals surface area contributed by atoms with Crippen LogP contribution in [0.1, 0.15) is 18.2 Å². The minimum atomic E-state index is -0.334. The molecule has 1 aromatic heterocycles. The zero-order valence-electron chi connectivity index (χ0n) is 10.3. The summed E-state index contributed by atoms with van der Waals surface area (Å²) in [5, 5.41) is 6.62. The molecule has 1 fully saturated rings. The standard InChI is InChI=1S/C13H17N3O2/c1-18-13(17)9-10-8-12(16-7-6-14-10)11-4-2-3-5-15-11/h2-5,9,12,14,16H,6-8H2,1H3/b10-9-. The number of esters is 1. The molecule has 1 aromatic rings. The SMILES string of the molecule is COC(=O)/C=C1/CC(c2ccccn2)NCCN1. The molecule has 0 saturated carbocycles. The molecule has 1 atom stereocenters. The number of methoxy groups -OCH3 is 1. The van der Waals surface area contributed by atoms with E-state index in [1.165, 1.54) is 13.2 Å². The number of aromatic nitrogens is 1. The van der Waals surface area contributed by atoms with Crippen molar-refractivity contribution in [3.05, 3.63) is 41.9 Å². The van der Waals surface area contributed by atoms with Crippen LogP contribution in [0.5, 0.6) is 0 Å². The molecule has 1 aliphatic heterocycles. The van der Waals surface area contributed by atoms with Gasteiger partial charge >= 0.3 is 5.97 Å². The topological polar surface area (TPSA) is 63.2 Å². The summed E-state index contributed by atoms with van der Waals surface area (Å²) >= 11 is 0. The van der Waals surface area contributed by atoms with Crippen LogP contribution in [0.15, 0.2) is 36.2 Å². The second-order valence-corrected chi connectivity index (χ2v) is 4.08. The fourth-order valence-electron chi connectivity index (χ4n) is 1.94. The molecule has 0 aliphatic carbocycles. The molecule has 5 heteroatoms. The van der Waals surface area contributed by atoms with Gasteiger partial charge in [-0.25, -0.2) is 4.79 Å². The third-order valence-electron chi connectivity index (χ3n) is 2.83. The summed E-state index contributed by atoms with van der Waals surface area (Å²) in [5.41, 5.74) is 1.86. The van der Waals surface area contributed by atoms with E-state index in [4.69, 9.17) is 0 Å². The van der Waals surface area contributed by atoms with Gasteiger partial charge in [-0.15, -0.1) is 0 Å². The van der Waals surface area contributed by atoms with Gasteiger partial charge in [-0.1, -0.05) is 6.07 Å². The number of nitrogens with zero attached hydrogens (tertiary/aromatic N) is 1. The van der Waals surface area contributed by atoms with Crippen LogP contribution in [-0.2, 0) is 9.53 Å². The first kappa shape index (κ1) is 12.6. The van der Waals surface area contributed by atoms with E-state index in [9.17, 15) is 4.79 Å². The number of hydrogen-bond donors (Lipinski definition) is 2. The van der Waals surface area contributed by atoms with Crippen LogP contribution in [0.3, 0.4) is 0 Å². The van der Waals surface area contributed by atoms with E-state index in [0.717, 1.165) is 24.5 Å². The first-order chi connectivity index (χ1) is 8.79. The van der Waals surface area contributed by atoms with Crippen molar-refractivity contribution in [2.24, 2.45) is 0 Å². The summed E-state index contributed by atoms with van der Waals surface area (Å²) in [5.74, 6) is -0.334. The molecule has 18 heavy (non-hydrogen) atoms. The lowest BCUT2D eigenvalue weighted by Gasteiger charge is -2.15. The average molecular weight is 247 g/mol. The third kappa shape index (κ3) is 3.30. The van der Waals surface area contributed by atoms with Gasteiger partial charge in [0.2, 0.25) is 0 Å². The number of nitrogens with one attached hydrogen (secondary N) is 2. The molecule has 2 heterocycles. The molecule has 1 unspecified atom stereocenters. The Hall–Kier alpha value is -1.88. The molecule has 0 aromatic carbocycles. The second-order valence-electron chi connectivity index (χ2n) is 4.08. The second kappa shape index (κ2) is 6.16. The first-order valence-corrected chi connectivity index (χ1v) is 5.96. The van der Waals surface area contributed by atoms with E-state index in [0.29, 0.717) is 6.42 Å². The molecule has 2 rings (SSSR count). The van der Waals surface area contributed by atoms with Gasteiger partial charge in [0, 0.05) is 37.5 Å². The predicted octanol–water partition coefficient (Wildman–Crippen LogP) is 0.762. The quantitative estimate of drug-likeness (QED) is 0.597. The minimum Gasteiger partial charge on any atom is -0.466 e. The van der Waals surface area contributed by atoms with Crippen molar-refractivity contribution in [3.8, 4) is 0 Å². The van der Waals surface area contributed by atoms with E-state index in [2.05, 4.69) is 20.4 Å². The Balaban J connectivity index is 2.13. The number of rotatable bonds is 2.